The van der Waals surface area contributed by atoms with Crippen LogP contribution < -0.4 is 14.2 Å². The van der Waals surface area contributed by atoms with Gasteiger partial charge in [-0.3, -0.25) is 4.79 Å². The second kappa shape index (κ2) is 7.55. The second-order valence-electron chi connectivity index (χ2n) is 4.86. The summed E-state index contributed by atoms with van der Waals surface area (Å²) in [7, 11) is -3.64. The molecule has 0 aliphatic carbocycles. The topological polar surface area (TPSA) is 81.7 Å². The van der Waals surface area contributed by atoms with Gasteiger partial charge in [-0.25, -0.2) is 13.1 Å². The first-order valence-corrected chi connectivity index (χ1v) is 9.28. The van der Waals surface area contributed by atoms with Crippen molar-refractivity contribution in [3.8, 4) is 17.2 Å². The molecule has 6 nitrogen and oxygen atoms in total. The van der Waals surface area contributed by atoms with E-state index in [2.05, 4.69) is 0 Å². The molecule has 24 heavy (non-hydrogen) atoms. The summed E-state index contributed by atoms with van der Waals surface area (Å²) in [5, 5.41) is 0.179. The summed E-state index contributed by atoms with van der Waals surface area (Å²) in [6, 6.07) is 11.3. The molecule has 0 fully saturated rings. The van der Waals surface area contributed by atoms with E-state index in [1.165, 1.54) is 18.2 Å². The van der Waals surface area contributed by atoms with Crippen LogP contribution in [0.15, 0.2) is 42.5 Å². The predicted molar refractivity (Wildman–Crippen MR) is 91.4 cm³/mol. The van der Waals surface area contributed by atoms with Crippen molar-refractivity contribution in [2.75, 3.05) is 12.9 Å². The van der Waals surface area contributed by atoms with Crippen molar-refractivity contribution in [3.63, 3.8) is 0 Å². The molecule has 2 aromatic carbocycles. The summed E-state index contributed by atoms with van der Waals surface area (Å²) < 4.78 is 35.1. The first-order chi connectivity index (χ1) is 11.3. The van der Waals surface area contributed by atoms with Crippen LogP contribution in [0.2, 0.25) is 5.02 Å². The van der Waals surface area contributed by atoms with Gasteiger partial charge in [0, 0.05) is 11.6 Å². The third kappa shape index (κ3) is 5.14. The normalized spacial score (nSPS) is 11.0. The molecular weight excluding hydrogens is 354 g/mol. The number of carbonyl (C=O) groups is 1. The van der Waals surface area contributed by atoms with Crippen molar-refractivity contribution in [3.05, 3.63) is 53.1 Å². The minimum Gasteiger partial charge on any atom is -0.494 e. The Balaban J connectivity index is 2.18. The number of halogens is 1. The molecule has 0 saturated carbocycles. The first-order valence-electron chi connectivity index (χ1n) is 7.01. The molecule has 2 rings (SSSR count). The molecule has 0 bridgehead atoms. The molecular formula is C16H16ClNO5S. The standard InChI is InChI=1S/C16H16ClNO5S/c1-3-22-12-5-4-6-13(10-12)23-15-8-7-11(9-14(15)17)16(19)18-24(2,20)21/h4-10H,3H2,1-2H3,(H,18,19). The third-order valence-corrected chi connectivity index (χ3v) is 3.67. The Kier molecular flexibility index (Phi) is 5.69. The minimum absolute atomic E-state index is 0.112. The molecule has 0 spiro atoms. The lowest BCUT2D eigenvalue weighted by molar-refractivity contribution is 0.0981. The fraction of sp³-hybridized carbons (Fsp3) is 0.188. The first kappa shape index (κ1) is 18.1. The van der Waals surface area contributed by atoms with Gasteiger partial charge in [0.15, 0.2) is 0 Å². The van der Waals surface area contributed by atoms with E-state index in [1.54, 1.807) is 24.3 Å². The van der Waals surface area contributed by atoms with Gasteiger partial charge in [-0.1, -0.05) is 17.7 Å². The largest absolute Gasteiger partial charge is 0.494 e. The van der Waals surface area contributed by atoms with E-state index in [0.29, 0.717) is 23.9 Å². The van der Waals surface area contributed by atoms with E-state index < -0.39 is 15.9 Å². The molecule has 2 aromatic rings. The molecule has 1 amide bonds. The number of nitrogens with one attached hydrogen (secondary N) is 1. The number of hydrogen-bond donors (Lipinski definition) is 1. The minimum atomic E-state index is -3.64. The van der Waals surface area contributed by atoms with Crippen molar-refractivity contribution in [2.45, 2.75) is 6.92 Å². The van der Waals surface area contributed by atoms with E-state index in [9.17, 15) is 13.2 Å². The SMILES string of the molecule is CCOc1cccc(Oc2ccc(C(=O)NS(C)(=O)=O)cc2Cl)c1. The fourth-order valence-electron chi connectivity index (χ4n) is 1.87. The molecule has 1 N–H and O–H groups in total. The lowest BCUT2D eigenvalue weighted by Crippen LogP contribution is -2.29. The molecule has 0 aromatic heterocycles. The molecule has 0 aliphatic heterocycles. The molecule has 8 heteroatoms. The van der Waals surface area contributed by atoms with Gasteiger partial charge in [0.1, 0.15) is 17.2 Å². The molecule has 0 atom stereocenters. The monoisotopic (exact) mass is 369 g/mol. The molecule has 0 saturated heterocycles. The molecule has 0 aliphatic rings. The number of amides is 1. The number of rotatable bonds is 6. The van der Waals surface area contributed by atoms with E-state index >= 15 is 0 Å². The number of ether oxygens (including phenoxy) is 2. The van der Waals surface area contributed by atoms with Gasteiger partial charge in [-0.05, 0) is 37.3 Å². The van der Waals surface area contributed by atoms with E-state index in [1.807, 2.05) is 11.6 Å². The van der Waals surface area contributed by atoms with Gasteiger partial charge in [-0.2, -0.15) is 0 Å². The fourth-order valence-corrected chi connectivity index (χ4v) is 2.55. The predicted octanol–water partition coefficient (Wildman–Crippen LogP) is 3.22. The Morgan fingerprint density at radius 1 is 1.17 bits per heavy atom. The lowest BCUT2D eigenvalue weighted by atomic mass is 10.2. The number of sulfonamides is 1. The number of hydrogen-bond acceptors (Lipinski definition) is 5. The summed E-state index contributed by atoms with van der Waals surface area (Å²) in [6.45, 7) is 2.42. The summed E-state index contributed by atoms with van der Waals surface area (Å²) in [5.41, 5.74) is 0.112. The summed E-state index contributed by atoms with van der Waals surface area (Å²) in [6.07, 6.45) is 0.898. The number of carbonyl (C=O) groups excluding carboxylic acids is 1. The average molecular weight is 370 g/mol. The maximum atomic E-state index is 11.8. The summed E-state index contributed by atoms with van der Waals surface area (Å²) in [5.74, 6) is 0.761. The highest BCUT2D eigenvalue weighted by Gasteiger charge is 2.13. The van der Waals surface area contributed by atoms with Gasteiger partial charge in [-0.15, -0.1) is 0 Å². The maximum Gasteiger partial charge on any atom is 0.264 e. The Bertz CT molecular complexity index is 851. The van der Waals surface area contributed by atoms with Crippen LogP contribution in [0.25, 0.3) is 0 Å². The van der Waals surface area contributed by atoms with Gasteiger partial charge in [0.25, 0.3) is 5.91 Å². The molecule has 128 valence electrons. The Labute approximate surface area is 145 Å². The van der Waals surface area contributed by atoms with Crippen molar-refractivity contribution in [1.82, 2.24) is 4.72 Å². The third-order valence-electron chi connectivity index (χ3n) is 2.82. The van der Waals surface area contributed by atoms with Crippen molar-refractivity contribution in [2.24, 2.45) is 0 Å². The zero-order valence-corrected chi connectivity index (χ0v) is 14.6. The zero-order chi connectivity index (χ0) is 17.7. The van der Waals surface area contributed by atoms with Crippen molar-refractivity contribution >= 4 is 27.5 Å². The van der Waals surface area contributed by atoms with Crippen LogP contribution in [0, 0.1) is 0 Å². The Morgan fingerprint density at radius 2 is 1.88 bits per heavy atom. The molecule has 0 heterocycles. The maximum absolute atomic E-state index is 11.8. The van der Waals surface area contributed by atoms with Crippen molar-refractivity contribution < 1.29 is 22.7 Å². The van der Waals surface area contributed by atoms with Crippen LogP contribution in [0.3, 0.4) is 0 Å². The zero-order valence-electron chi connectivity index (χ0n) is 13.1. The van der Waals surface area contributed by atoms with Gasteiger partial charge in [0.05, 0.1) is 17.9 Å². The highest BCUT2D eigenvalue weighted by Crippen LogP contribution is 2.31. The van der Waals surface area contributed by atoms with Gasteiger partial charge >= 0.3 is 0 Å². The quantitative estimate of drug-likeness (QED) is 0.845. The Hall–Kier alpha value is -2.25. The summed E-state index contributed by atoms with van der Waals surface area (Å²) >= 11 is 6.11. The highest BCUT2D eigenvalue weighted by atomic mass is 35.5. The van der Waals surface area contributed by atoms with E-state index in [4.69, 9.17) is 21.1 Å². The van der Waals surface area contributed by atoms with Gasteiger partial charge in [0.2, 0.25) is 10.0 Å². The highest BCUT2D eigenvalue weighted by molar-refractivity contribution is 7.89. The van der Waals surface area contributed by atoms with Crippen LogP contribution in [0.4, 0.5) is 0 Å². The average Bonchev–Trinajstić information content (AvgIpc) is 2.48. The van der Waals surface area contributed by atoms with Gasteiger partial charge < -0.3 is 9.47 Å². The lowest BCUT2D eigenvalue weighted by Gasteiger charge is -2.10. The number of benzene rings is 2. The molecule has 0 unspecified atom stereocenters. The second-order valence-corrected chi connectivity index (χ2v) is 7.01. The van der Waals surface area contributed by atoms with Crippen LogP contribution >= 0.6 is 11.6 Å². The van der Waals surface area contributed by atoms with Crippen LogP contribution in [-0.4, -0.2) is 27.2 Å². The van der Waals surface area contributed by atoms with E-state index in [0.717, 1.165) is 6.26 Å². The molecule has 0 radical (unpaired) electrons. The van der Waals surface area contributed by atoms with Crippen LogP contribution in [-0.2, 0) is 10.0 Å². The smallest absolute Gasteiger partial charge is 0.264 e. The summed E-state index contributed by atoms with van der Waals surface area (Å²) in [4.78, 5) is 11.8. The Morgan fingerprint density at radius 3 is 2.50 bits per heavy atom. The van der Waals surface area contributed by atoms with Crippen LogP contribution in [0.1, 0.15) is 17.3 Å². The van der Waals surface area contributed by atoms with Crippen LogP contribution in [0.5, 0.6) is 17.2 Å². The van der Waals surface area contributed by atoms with E-state index in [-0.39, 0.29) is 10.6 Å². The van der Waals surface area contributed by atoms with Crippen molar-refractivity contribution in [1.29, 1.82) is 0 Å².